The molecule has 166 valence electrons. The summed E-state index contributed by atoms with van der Waals surface area (Å²) >= 11 is 12.3. The fraction of sp³-hybridized carbons (Fsp3) is 0.231. The van der Waals surface area contributed by atoms with Crippen LogP contribution in [0.3, 0.4) is 0 Å². The van der Waals surface area contributed by atoms with Crippen molar-refractivity contribution in [1.82, 2.24) is 10.2 Å². The van der Waals surface area contributed by atoms with Crippen LogP contribution in [0.4, 0.5) is 0 Å². The molecule has 0 spiro atoms. The van der Waals surface area contributed by atoms with Gasteiger partial charge in [0.2, 0.25) is 11.8 Å². The molecule has 0 saturated carbocycles. The van der Waals surface area contributed by atoms with Gasteiger partial charge < -0.3 is 10.2 Å². The average molecular weight is 469 g/mol. The Kier molecular flexibility index (Phi) is 8.32. The predicted molar refractivity (Wildman–Crippen MR) is 130 cm³/mol. The smallest absolute Gasteiger partial charge is 0.242 e. The van der Waals surface area contributed by atoms with Gasteiger partial charge in [0, 0.05) is 30.1 Å². The number of hydrogen-bond acceptors (Lipinski definition) is 2. The predicted octanol–water partition coefficient (Wildman–Crippen LogP) is 5.23. The molecule has 32 heavy (non-hydrogen) atoms. The summed E-state index contributed by atoms with van der Waals surface area (Å²) in [4.78, 5) is 28.1. The van der Waals surface area contributed by atoms with E-state index in [-0.39, 0.29) is 18.2 Å². The molecule has 0 unspecified atom stereocenters. The second-order valence-electron chi connectivity index (χ2n) is 7.74. The minimum Gasteiger partial charge on any atom is -0.357 e. The number of aryl methyl sites for hydroxylation is 1. The van der Waals surface area contributed by atoms with Gasteiger partial charge in [0.05, 0.1) is 6.42 Å². The van der Waals surface area contributed by atoms with E-state index in [1.54, 1.807) is 30.1 Å². The molecule has 6 heteroatoms. The molecule has 0 aliphatic rings. The fourth-order valence-electron chi connectivity index (χ4n) is 3.66. The summed E-state index contributed by atoms with van der Waals surface area (Å²) in [5.41, 5.74) is 3.70. The van der Waals surface area contributed by atoms with E-state index in [0.717, 1.165) is 16.7 Å². The van der Waals surface area contributed by atoms with E-state index < -0.39 is 6.04 Å². The lowest BCUT2D eigenvalue weighted by Gasteiger charge is -2.31. The summed E-state index contributed by atoms with van der Waals surface area (Å²) in [6, 6.07) is 22.1. The van der Waals surface area contributed by atoms with E-state index in [9.17, 15) is 9.59 Å². The van der Waals surface area contributed by atoms with Gasteiger partial charge in [0.15, 0.2) is 0 Å². The van der Waals surface area contributed by atoms with Crippen molar-refractivity contribution >= 4 is 35.0 Å². The van der Waals surface area contributed by atoms with Crippen molar-refractivity contribution in [2.24, 2.45) is 0 Å². The van der Waals surface area contributed by atoms with Crippen molar-refractivity contribution in [2.45, 2.75) is 32.4 Å². The van der Waals surface area contributed by atoms with Crippen LogP contribution in [0.5, 0.6) is 0 Å². The SMILES string of the molecule is CNC(=O)[C@H](Cc1ccccc1)N(Cc1cccc(C)c1)C(=O)Cc1ccc(Cl)cc1Cl. The number of rotatable bonds is 8. The summed E-state index contributed by atoms with van der Waals surface area (Å²) in [6.07, 6.45) is 0.483. The molecule has 0 bridgehead atoms. The highest BCUT2D eigenvalue weighted by Gasteiger charge is 2.30. The number of likely N-dealkylation sites (N-methyl/N-ethyl adjacent to an activating group) is 1. The highest BCUT2D eigenvalue weighted by molar-refractivity contribution is 6.35. The molecule has 0 radical (unpaired) electrons. The zero-order chi connectivity index (χ0) is 23.1. The minimum atomic E-state index is -0.665. The third-order valence-corrected chi connectivity index (χ3v) is 5.90. The zero-order valence-electron chi connectivity index (χ0n) is 18.1. The van der Waals surface area contributed by atoms with Crippen molar-refractivity contribution in [2.75, 3.05) is 7.05 Å². The Hall–Kier alpha value is -2.82. The highest BCUT2D eigenvalue weighted by Crippen LogP contribution is 2.23. The molecule has 3 aromatic rings. The van der Waals surface area contributed by atoms with Crippen LogP contribution < -0.4 is 5.32 Å². The van der Waals surface area contributed by atoms with E-state index >= 15 is 0 Å². The molecule has 2 amide bonds. The monoisotopic (exact) mass is 468 g/mol. The third-order valence-electron chi connectivity index (χ3n) is 5.31. The number of hydrogen-bond donors (Lipinski definition) is 1. The van der Waals surface area contributed by atoms with Gasteiger partial charge in [-0.15, -0.1) is 0 Å². The number of benzene rings is 3. The average Bonchev–Trinajstić information content (AvgIpc) is 2.78. The molecule has 3 aromatic carbocycles. The number of carbonyl (C=O) groups is 2. The van der Waals surface area contributed by atoms with Gasteiger partial charge in [-0.25, -0.2) is 0 Å². The second-order valence-corrected chi connectivity index (χ2v) is 8.59. The van der Waals surface area contributed by atoms with E-state index in [1.165, 1.54) is 0 Å². The molecule has 0 aliphatic heterocycles. The van der Waals surface area contributed by atoms with Crippen LogP contribution in [0, 0.1) is 6.92 Å². The van der Waals surface area contributed by atoms with Crippen LogP contribution in [0.25, 0.3) is 0 Å². The quantitative estimate of drug-likeness (QED) is 0.491. The summed E-state index contributed by atoms with van der Waals surface area (Å²) in [7, 11) is 1.59. The van der Waals surface area contributed by atoms with Gasteiger partial charge in [0.1, 0.15) is 6.04 Å². The lowest BCUT2D eigenvalue weighted by atomic mass is 10.0. The first kappa shape index (κ1) is 23.8. The molecule has 0 saturated heterocycles. The normalized spacial score (nSPS) is 11.6. The van der Waals surface area contributed by atoms with E-state index in [2.05, 4.69) is 5.32 Å². The molecule has 0 heterocycles. The minimum absolute atomic E-state index is 0.0735. The van der Waals surface area contributed by atoms with Crippen molar-refractivity contribution in [1.29, 1.82) is 0 Å². The maximum atomic E-state index is 13.5. The van der Waals surface area contributed by atoms with Crippen LogP contribution in [-0.4, -0.2) is 29.8 Å². The van der Waals surface area contributed by atoms with Gasteiger partial charge in [-0.1, -0.05) is 89.4 Å². The van der Waals surface area contributed by atoms with Crippen LogP contribution in [-0.2, 0) is 29.0 Å². The fourth-order valence-corrected chi connectivity index (χ4v) is 4.13. The Bertz CT molecular complexity index is 1090. The number of carbonyl (C=O) groups excluding carboxylic acids is 2. The molecular weight excluding hydrogens is 443 g/mol. The van der Waals surface area contributed by atoms with Gasteiger partial charge in [0.25, 0.3) is 0 Å². The summed E-state index contributed by atoms with van der Waals surface area (Å²) in [6.45, 7) is 2.32. The Morgan fingerprint density at radius 3 is 2.31 bits per heavy atom. The Morgan fingerprint density at radius 2 is 1.66 bits per heavy atom. The lowest BCUT2D eigenvalue weighted by Crippen LogP contribution is -2.50. The van der Waals surface area contributed by atoms with Crippen molar-refractivity contribution < 1.29 is 9.59 Å². The highest BCUT2D eigenvalue weighted by atomic mass is 35.5. The number of nitrogens with one attached hydrogen (secondary N) is 1. The van der Waals surface area contributed by atoms with Crippen LogP contribution in [0.15, 0.2) is 72.8 Å². The largest absolute Gasteiger partial charge is 0.357 e. The Balaban J connectivity index is 1.96. The molecule has 0 aliphatic carbocycles. The maximum Gasteiger partial charge on any atom is 0.242 e. The topological polar surface area (TPSA) is 49.4 Å². The van der Waals surface area contributed by atoms with Crippen LogP contribution in [0.1, 0.15) is 22.3 Å². The van der Waals surface area contributed by atoms with Crippen molar-refractivity contribution in [3.63, 3.8) is 0 Å². The zero-order valence-corrected chi connectivity index (χ0v) is 19.7. The first-order valence-corrected chi connectivity index (χ1v) is 11.2. The molecule has 1 N–H and O–H groups in total. The first-order chi connectivity index (χ1) is 15.4. The first-order valence-electron chi connectivity index (χ1n) is 10.4. The molecule has 3 rings (SSSR count). The third kappa shape index (κ3) is 6.35. The van der Waals surface area contributed by atoms with E-state index in [1.807, 2.05) is 61.5 Å². The molecule has 4 nitrogen and oxygen atoms in total. The Labute approximate surface area is 199 Å². The summed E-state index contributed by atoms with van der Waals surface area (Å²) in [5, 5.41) is 3.66. The number of nitrogens with zero attached hydrogens (tertiary/aromatic N) is 1. The van der Waals surface area contributed by atoms with Crippen LogP contribution >= 0.6 is 23.2 Å². The maximum absolute atomic E-state index is 13.5. The number of amides is 2. The summed E-state index contributed by atoms with van der Waals surface area (Å²) in [5.74, 6) is -0.391. The number of halogens is 2. The van der Waals surface area contributed by atoms with Gasteiger partial charge in [-0.2, -0.15) is 0 Å². The van der Waals surface area contributed by atoms with E-state index in [4.69, 9.17) is 23.2 Å². The van der Waals surface area contributed by atoms with E-state index in [0.29, 0.717) is 28.6 Å². The van der Waals surface area contributed by atoms with Gasteiger partial charge in [-0.05, 0) is 35.7 Å². The van der Waals surface area contributed by atoms with Gasteiger partial charge in [-0.3, -0.25) is 9.59 Å². The van der Waals surface area contributed by atoms with Gasteiger partial charge >= 0.3 is 0 Å². The Morgan fingerprint density at radius 1 is 0.938 bits per heavy atom. The molecule has 1 atom stereocenters. The standard InChI is InChI=1S/C26H26Cl2N2O2/c1-18-7-6-10-20(13-18)17-30(25(31)15-21-11-12-22(27)16-23(21)28)24(26(32)29-2)14-19-8-4-3-5-9-19/h3-13,16,24H,14-15,17H2,1-2H3,(H,29,32)/t24-/m0/s1. The molecular formula is C26H26Cl2N2O2. The lowest BCUT2D eigenvalue weighted by molar-refractivity contribution is -0.140. The molecule has 0 aromatic heterocycles. The van der Waals surface area contributed by atoms with Crippen molar-refractivity contribution in [3.05, 3.63) is 105 Å². The second kappa shape index (κ2) is 11.2. The summed E-state index contributed by atoms with van der Waals surface area (Å²) < 4.78 is 0. The van der Waals surface area contributed by atoms with Crippen molar-refractivity contribution in [3.8, 4) is 0 Å². The van der Waals surface area contributed by atoms with Crippen LogP contribution in [0.2, 0.25) is 10.0 Å². The molecule has 0 fully saturated rings.